The monoisotopic (exact) mass is 241 g/mol. The van der Waals surface area contributed by atoms with E-state index in [4.69, 9.17) is 11.6 Å². The van der Waals surface area contributed by atoms with E-state index < -0.39 is 0 Å². The molecular weight excluding hydrogens is 222 g/mol. The summed E-state index contributed by atoms with van der Waals surface area (Å²) in [7, 11) is 2.04. The third-order valence-corrected chi connectivity index (χ3v) is 2.62. The first kappa shape index (κ1) is 13.3. The quantitative estimate of drug-likeness (QED) is 0.875. The molecular formula is C13H20ClNO. The molecule has 1 rings (SSSR count). The summed E-state index contributed by atoms with van der Waals surface area (Å²) in [5.41, 5.74) is 1.04. The Bertz CT molecular complexity index is 337. The van der Waals surface area contributed by atoms with Crippen LogP contribution in [0.25, 0.3) is 0 Å². The smallest absolute Gasteiger partial charge is 0.121 e. The number of benzene rings is 1. The number of phenols is 1. The van der Waals surface area contributed by atoms with Crippen LogP contribution in [-0.2, 0) is 6.54 Å². The van der Waals surface area contributed by atoms with Crippen LogP contribution >= 0.6 is 11.6 Å². The summed E-state index contributed by atoms with van der Waals surface area (Å²) >= 11 is 6.06. The molecule has 0 radical (unpaired) electrons. The van der Waals surface area contributed by atoms with E-state index in [-0.39, 0.29) is 11.2 Å². The van der Waals surface area contributed by atoms with Gasteiger partial charge in [0.05, 0.1) is 0 Å². The Morgan fingerprint density at radius 3 is 2.44 bits per heavy atom. The Kier molecular flexibility index (Phi) is 4.22. The van der Waals surface area contributed by atoms with Crippen molar-refractivity contribution in [1.29, 1.82) is 0 Å². The van der Waals surface area contributed by atoms with Gasteiger partial charge in [-0.3, -0.25) is 0 Å². The third-order valence-electron chi connectivity index (χ3n) is 2.27. The molecule has 0 amide bonds. The fourth-order valence-electron chi connectivity index (χ4n) is 1.84. The molecule has 0 aliphatic rings. The minimum atomic E-state index is 0.242. The molecule has 0 unspecified atom stereocenters. The second kappa shape index (κ2) is 5.07. The fourth-order valence-corrected chi connectivity index (χ4v) is 2.07. The summed E-state index contributed by atoms with van der Waals surface area (Å²) in [4.78, 5) is 2.17. The lowest BCUT2D eigenvalue weighted by atomic mass is 9.96. The van der Waals surface area contributed by atoms with Crippen molar-refractivity contribution < 1.29 is 5.11 Å². The van der Waals surface area contributed by atoms with E-state index in [1.54, 1.807) is 12.1 Å². The second-order valence-corrected chi connectivity index (χ2v) is 5.88. The van der Waals surface area contributed by atoms with E-state index in [9.17, 15) is 5.11 Å². The van der Waals surface area contributed by atoms with Gasteiger partial charge in [0.25, 0.3) is 0 Å². The van der Waals surface area contributed by atoms with E-state index in [0.29, 0.717) is 11.6 Å². The van der Waals surface area contributed by atoms with E-state index in [1.807, 2.05) is 13.1 Å². The summed E-state index contributed by atoms with van der Waals surface area (Å²) in [5.74, 6) is 0.272. The van der Waals surface area contributed by atoms with Crippen molar-refractivity contribution in [3.63, 3.8) is 0 Å². The van der Waals surface area contributed by atoms with Crippen LogP contribution in [0.2, 0.25) is 5.02 Å². The Hall–Kier alpha value is -0.730. The molecule has 1 N–H and O–H groups in total. The van der Waals surface area contributed by atoms with Crippen molar-refractivity contribution >= 4 is 11.6 Å². The van der Waals surface area contributed by atoms with Crippen LogP contribution in [0.1, 0.15) is 26.3 Å². The van der Waals surface area contributed by atoms with Crippen molar-refractivity contribution in [1.82, 2.24) is 4.90 Å². The van der Waals surface area contributed by atoms with Crippen molar-refractivity contribution in [2.45, 2.75) is 27.3 Å². The van der Waals surface area contributed by atoms with Gasteiger partial charge < -0.3 is 10.0 Å². The van der Waals surface area contributed by atoms with Crippen molar-refractivity contribution in [2.24, 2.45) is 5.41 Å². The Labute approximate surface area is 103 Å². The molecule has 0 atom stereocenters. The Balaban J connectivity index is 2.73. The predicted octanol–water partition coefficient (Wildman–Crippen LogP) is 3.52. The molecule has 0 saturated carbocycles. The fraction of sp³-hybridized carbons (Fsp3) is 0.538. The number of aromatic hydroxyl groups is 1. The first-order chi connectivity index (χ1) is 7.29. The van der Waals surface area contributed by atoms with Gasteiger partial charge in [-0.1, -0.05) is 38.4 Å². The zero-order valence-corrected chi connectivity index (χ0v) is 11.2. The highest BCUT2D eigenvalue weighted by molar-refractivity contribution is 6.31. The third kappa shape index (κ3) is 4.03. The first-order valence-corrected chi connectivity index (χ1v) is 5.82. The lowest BCUT2D eigenvalue weighted by molar-refractivity contribution is 0.219. The van der Waals surface area contributed by atoms with Gasteiger partial charge in [0.15, 0.2) is 0 Å². The molecule has 3 heteroatoms. The van der Waals surface area contributed by atoms with Gasteiger partial charge in [0, 0.05) is 23.7 Å². The lowest BCUT2D eigenvalue weighted by Crippen LogP contribution is -2.28. The van der Waals surface area contributed by atoms with Gasteiger partial charge in [-0.25, -0.2) is 0 Å². The lowest BCUT2D eigenvalue weighted by Gasteiger charge is -2.27. The highest BCUT2D eigenvalue weighted by atomic mass is 35.5. The normalized spacial score (nSPS) is 12.1. The van der Waals surface area contributed by atoms with Crippen LogP contribution in [0, 0.1) is 5.41 Å². The summed E-state index contributed by atoms with van der Waals surface area (Å²) in [5, 5.41) is 10.4. The van der Waals surface area contributed by atoms with E-state index in [0.717, 1.165) is 12.1 Å². The molecule has 90 valence electrons. The molecule has 1 aromatic rings. The summed E-state index contributed by atoms with van der Waals surface area (Å²) in [6.07, 6.45) is 0. The summed E-state index contributed by atoms with van der Waals surface area (Å²) in [6, 6.07) is 5.23. The molecule has 16 heavy (non-hydrogen) atoms. The van der Waals surface area contributed by atoms with E-state index in [2.05, 4.69) is 25.7 Å². The maximum absolute atomic E-state index is 9.73. The van der Waals surface area contributed by atoms with Gasteiger partial charge >= 0.3 is 0 Å². The number of phenolic OH excluding ortho intramolecular Hbond substituents is 1. The predicted molar refractivity (Wildman–Crippen MR) is 68.9 cm³/mol. The number of nitrogens with zero attached hydrogens (tertiary/aromatic N) is 1. The molecule has 2 nitrogen and oxygen atoms in total. The zero-order chi connectivity index (χ0) is 12.3. The highest BCUT2D eigenvalue weighted by Crippen LogP contribution is 2.27. The number of halogens is 1. The molecule has 0 saturated heterocycles. The van der Waals surface area contributed by atoms with Gasteiger partial charge in [0.2, 0.25) is 0 Å². The molecule has 0 aliphatic heterocycles. The van der Waals surface area contributed by atoms with Gasteiger partial charge in [-0.2, -0.15) is 0 Å². The molecule has 0 spiro atoms. The Morgan fingerprint density at radius 2 is 1.94 bits per heavy atom. The molecule has 0 heterocycles. The molecule has 0 aromatic heterocycles. The van der Waals surface area contributed by atoms with Crippen LogP contribution in [0.3, 0.4) is 0 Å². The summed E-state index contributed by atoms with van der Waals surface area (Å²) < 4.78 is 0. The van der Waals surface area contributed by atoms with Crippen LogP contribution < -0.4 is 0 Å². The largest absolute Gasteiger partial charge is 0.508 e. The average molecular weight is 242 g/mol. The van der Waals surface area contributed by atoms with Crippen LogP contribution in [0.4, 0.5) is 0 Å². The minimum Gasteiger partial charge on any atom is -0.508 e. The van der Waals surface area contributed by atoms with Crippen LogP contribution in [0.5, 0.6) is 5.75 Å². The average Bonchev–Trinajstić information content (AvgIpc) is 2.08. The van der Waals surface area contributed by atoms with Gasteiger partial charge in [-0.15, -0.1) is 0 Å². The maximum atomic E-state index is 9.73. The van der Waals surface area contributed by atoms with Crippen molar-refractivity contribution in [3.8, 4) is 5.75 Å². The van der Waals surface area contributed by atoms with E-state index in [1.165, 1.54) is 0 Å². The van der Waals surface area contributed by atoms with E-state index >= 15 is 0 Å². The van der Waals surface area contributed by atoms with Gasteiger partial charge in [-0.05, 0) is 24.6 Å². The summed E-state index contributed by atoms with van der Waals surface area (Å²) in [6.45, 7) is 8.20. The molecule has 0 aliphatic carbocycles. The molecule has 0 fully saturated rings. The standard InChI is InChI=1S/C13H20ClNO/c1-13(2,3)9-15(4)8-10-11(14)6-5-7-12(10)16/h5-7,16H,8-9H2,1-4H3. The number of rotatable bonds is 3. The van der Waals surface area contributed by atoms with Crippen molar-refractivity contribution in [3.05, 3.63) is 28.8 Å². The topological polar surface area (TPSA) is 23.5 Å². The minimum absolute atomic E-state index is 0.242. The Morgan fingerprint density at radius 1 is 1.31 bits per heavy atom. The van der Waals surface area contributed by atoms with Crippen LogP contribution in [0.15, 0.2) is 18.2 Å². The molecule has 1 aromatic carbocycles. The van der Waals surface area contributed by atoms with Gasteiger partial charge in [0.1, 0.15) is 5.75 Å². The second-order valence-electron chi connectivity index (χ2n) is 5.47. The zero-order valence-electron chi connectivity index (χ0n) is 10.4. The molecule has 0 bridgehead atoms. The number of hydrogen-bond donors (Lipinski definition) is 1. The highest BCUT2D eigenvalue weighted by Gasteiger charge is 2.15. The SMILES string of the molecule is CN(Cc1c(O)cccc1Cl)CC(C)(C)C. The number of hydrogen-bond acceptors (Lipinski definition) is 2. The first-order valence-electron chi connectivity index (χ1n) is 5.44. The maximum Gasteiger partial charge on any atom is 0.121 e. The van der Waals surface area contributed by atoms with Crippen LogP contribution in [-0.4, -0.2) is 23.6 Å². The van der Waals surface area contributed by atoms with Crippen molar-refractivity contribution in [2.75, 3.05) is 13.6 Å².